The fourth-order valence-electron chi connectivity index (χ4n) is 2.14. The molecule has 25 heavy (non-hydrogen) atoms. The minimum atomic E-state index is -3.81. The average molecular weight is 385 g/mol. The Kier molecular flexibility index (Phi) is 5.71. The van der Waals surface area contributed by atoms with Crippen LogP contribution in [0, 0.1) is 0 Å². The number of benzene rings is 2. The van der Waals surface area contributed by atoms with Gasteiger partial charge in [-0.3, -0.25) is 0 Å². The van der Waals surface area contributed by atoms with E-state index < -0.39 is 19.9 Å². The van der Waals surface area contributed by atoms with Crippen molar-refractivity contribution in [1.82, 2.24) is 4.72 Å². The second-order valence-corrected chi connectivity index (χ2v) is 9.03. The molecule has 0 saturated heterocycles. The number of ether oxygens (including phenoxy) is 2. The van der Waals surface area contributed by atoms with Crippen molar-refractivity contribution in [3.05, 3.63) is 48.0 Å². The van der Waals surface area contributed by atoms with Crippen LogP contribution in [0.3, 0.4) is 0 Å². The maximum absolute atomic E-state index is 12.4. The van der Waals surface area contributed by atoms with E-state index in [9.17, 15) is 16.8 Å². The molecule has 0 saturated carbocycles. The van der Waals surface area contributed by atoms with E-state index in [4.69, 9.17) is 9.47 Å². The van der Waals surface area contributed by atoms with Crippen molar-refractivity contribution < 1.29 is 26.3 Å². The molecule has 0 radical (unpaired) electrons. The third-order valence-corrected chi connectivity index (χ3v) is 6.05. The molecule has 0 unspecified atom stereocenters. The maximum atomic E-state index is 12.4. The van der Waals surface area contributed by atoms with Crippen LogP contribution < -0.4 is 14.2 Å². The summed E-state index contributed by atoms with van der Waals surface area (Å²) in [6, 6.07) is 10.1. The van der Waals surface area contributed by atoms with Crippen LogP contribution >= 0.6 is 0 Å². The lowest BCUT2D eigenvalue weighted by Crippen LogP contribution is -2.23. The summed E-state index contributed by atoms with van der Waals surface area (Å²) in [5, 5.41) is 0. The standard InChI is InChI=1S/C16H19NO6S2/c1-22-13-4-9-16(23-2)12(10-13)11-17-25(20,21)15-7-5-14(6-8-15)24(3,18)19/h4-10,17H,11H2,1-3H3. The third kappa shape index (κ3) is 4.71. The summed E-state index contributed by atoms with van der Waals surface area (Å²) >= 11 is 0. The van der Waals surface area contributed by atoms with Crippen LogP contribution in [-0.4, -0.2) is 37.3 Å². The van der Waals surface area contributed by atoms with Gasteiger partial charge in [-0.25, -0.2) is 21.6 Å². The van der Waals surface area contributed by atoms with Gasteiger partial charge in [-0.2, -0.15) is 0 Å². The highest BCUT2D eigenvalue weighted by atomic mass is 32.2. The van der Waals surface area contributed by atoms with Gasteiger partial charge < -0.3 is 9.47 Å². The Balaban J connectivity index is 2.22. The Labute approximate surface area is 147 Å². The van der Waals surface area contributed by atoms with Crippen molar-refractivity contribution in [2.45, 2.75) is 16.3 Å². The van der Waals surface area contributed by atoms with Crippen LogP contribution in [0.5, 0.6) is 11.5 Å². The molecule has 2 aromatic carbocycles. The Morgan fingerprint density at radius 1 is 0.880 bits per heavy atom. The molecule has 2 rings (SSSR count). The van der Waals surface area contributed by atoms with Crippen molar-refractivity contribution in [3.63, 3.8) is 0 Å². The highest BCUT2D eigenvalue weighted by Crippen LogP contribution is 2.24. The third-order valence-electron chi connectivity index (χ3n) is 3.50. The molecule has 0 fully saturated rings. The molecule has 0 aliphatic heterocycles. The molecule has 0 atom stereocenters. The summed E-state index contributed by atoms with van der Waals surface area (Å²) < 4.78 is 60.5. The Morgan fingerprint density at radius 3 is 2.00 bits per heavy atom. The predicted octanol–water partition coefficient (Wildman–Crippen LogP) is 1.59. The van der Waals surface area contributed by atoms with Crippen LogP contribution in [-0.2, 0) is 26.4 Å². The first-order valence-electron chi connectivity index (χ1n) is 7.18. The largest absolute Gasteiger partial charge is 0.497 e. The predicted molar refractivity (Wildman–Crippen MR) is 93.1 cm³/mol. The fraction of sp³-hybridized carbons (Fsp3) is 0.250. The van der Waals surface area contributed by atoms with E-state index in [0.717, 1.165) is 6.26 Å². The van der Waals surface area contributed by atoms with Crippen LogP contribution in [0.4, 0.5) is 0 Å². The van der Waals surface area contributed by atoms with E-state index in [-0.39, 0.29) is 16.3 Å². The molecule has 2 aromatic rings. The van der Waals surface area contributed by atoms with Gasteiger partial charge in [0.1, 0.15) is 11.5 Å². The molecule has 0 amide bonds. The summed E-state index contributed by atoms with van der Waals surface area (Å²) in [6.45, 7) is -0.00344. The van der Waals surface area contributed by atoms with E-state index in [2.05, 4.69) is 4.72 Å². The molecule has 1 N–H and O–H groups in total. The first-order valence-corrected chi connectivity index (χ1v) is 10.6. The summed E-state index contributed by atoms with van der Waals surface area (Å²) in [4.78, 5) is 0.0303. The smallest absolute Gasteiger partial charge is 0.240 e. The van der Waals surface area contributed by atoms with Crippen molar-refractivity contribution in [1.29, 1.82) is 0 Å². The molecule has 0 spiro atoms. The van der Waals surface area contributed by atoms with Crippen molar-refractivity contribution in [2.75, 3.05) is 20.5 Å². The number of hydrogen-bond donors (Lipinski definition) is 1. The van der Waals surface area contributed by atoms with E-state index in [1.54, 1.807) is 18.2 Å². The van der Waals surface area contributed by atoms with Gasteiger partial charge in [0.25, 0.3) is 0 Å². The molecule has 0 aromatic heterocycles. The van der Waals surface area contributed by atoms with Gasteiger partial charge in [-0.15, -0.1) is 0 Å². The second-order valence-electron chi connectivity index (χ2n) is 5.25. The quantitative estimate of drug-likeness (QED) is 0.777. The highest BCUT2D eigenvalue weighted by molar-refractivity contribution is 7.90. The average Bonchev–Trinajstić information content (AvgIpc) is 2.59. The number of methoxy groups -OCH3 is 2. The lowest BCUT2D eigenvalue weighted by Gasteiger charge is -2.12. The van der Waals surface area contributed by atoms with Crippen molar-refractivity contribution in [2.24, 2.45) is 0 Å². The van der Waals surface area contributed by atoms with E-state index in [0.29, 0.717) is 17.1 Å². The molecule has 0 heterocycles. The number of nitrogens with one attached hydrogen (secondary N) is 1. The van der Waals surface area contributed by atoms with Gasteiger partial charge in [-0.1, -0.05) is 0 Å². The Morgan fingerprint density at radius 2 is 1.48 bits per heavy atom. The number of hydrogen-bond acceptors (Lipinski definition) is 6. The molecule has 7 nitrogen and oxygen atoms in total. The van der Waals surface area contributed by atoms with Gasteiger partial charge in [0.2, 0.25) is 10.0 Å². The molecule has 136 valence electrons. The summed E-state index contributed by atoms with van der Waals surface area (Å²) in [5.74, 6) is 1.10. The topological polar surface area (TPSA) is 98.8 Å². The van der Waals surface area contributed by atoms with E-state index in [1.807, 2.05) is 0 Å². The Bertz CT molecular complexity index is 951. The maximum Gasteiger partial charge on any atom is 0.240 e. The summed E-state index contributed by atoms with van der Waals surface area (Å²) in [7, 11) is -4.19. The molecule has 0 aliphatic rings. The van der Waals surface area contributed by atoms with Crippen LogP contribution in [0.25, 0.3) is 0 Å². The summed E-state index contributed by atoms with van der Waals surface area (Å²) in [6.07, 6.45) is 1.06. The van der Waals surface area contributed by atoms with Crippen LogP contribution in [0.15, 0.2) is 52.3 Å². The van der Waals surface area contributed by atoms with Crippen LogP contribution in [0.1, 0.15) is 5.56 Å². The van der Waals surface area contributed by atoms with Crippen molar-refractivity contribution in [3.8, 4) is 11.5 Å². The lowest BCUT2D eigenvalue weighted by molar-refractivity contribution is 0.398. The van der Waals surface area contributed by atoms with Gasteiger partial charge >= 0.3 is 0 Å². The molecule has 0 aliphatic carbocycles. The number of rotatable bonds is 7. The van der Waals surface area contributed by atoms with E-state index in [1.165, 1.54) is 38.5 Å². The molecule has 0 bridgehead atoms. The summed E-state index contributed by atoms with van der Waals surface area (Å²) in [5.41, 5.74) is 0.609. The highest BCUT2D eigenvalue weighted by Gasteiger charge is 2.16. The monoisotopic (exact) mass is 385 g/mol. The minimum Gasteiger partial charge on any atom is -0.497 e. The van der Waals surface area contributed by atoms with Crippen LogP contribution in [0.2, 0.25) is 0 Å². The zero-order valence-corrected chi connectivity index (χ0v) is 15.6. The normalized spacial score (nSPS) is 12.0. The Hall–Kier alpha value is -2.10. The SMILES string of the molecule is COc1ccc(OC)c(CNS(=O)(=O)c2ccc(S(C)(=O)=O)cc2)c1. The van der Waals surface area contributed by atoms with Gasteiger partial charge in [0.05, 0.1) is 24.0 Å². The van der Waals surface area contributed by atoms with Gasteiger partial charge in [0, 0.05) is 18.4 Å². The molecular weight excluding hydrogens is 366 g/mol. The first-order chi connectivity index (χ1) is 11.7. The zero-order chi connectivity index (χ0) is 18.7. The zero-order valence-electron chi connectivity index (χ0n) is 14.0. The minimum absolute atomic E-state index is 0.00344. The van der Waals surface area contributed by atoms with Gasteiger partial charge in [-0.05, 0) is 42.5 Å². The van der Waals surface area contributed by atoms with Gasteiger partial charge in [0.15, 0.2) is 9.84 Å². The van der Waals surface area contributed by atoms with E-state index >= 15 is 0 Å². The molecular formula is C16H19NO6S2. The fourth-order valence-corrected chi connectivity index (χ4v) is 3.78. The van der Waals surface area contributed by atoms with Crippen molar-refractivity contribution >= 4 is 19.9 Å². The first kappa shape index (κ1) is 19.2. The lowest BCUT2D eigenvalue weighted by atomic mass is 10.2. The molecule has 9 heteroatoms. The second kappa shape index (κ2) is 7.42. The number of sulfone groups is 1. The number of sulfonamides is 1.